The first-order valence-electron chi connectivity index (χ1n) is 6.46. The van der Waals surface area contributed by atoms with E-state index in [-0.39, 0.29) is 6.10 Å². The Morgan fingerprint density at radius 3 is 2.40 bits per heavy atom. The third-order valence-corrected chi connectivity index (χ3v) is 3.69. The van der Waals surface area contributed by atoms with Gasteiger partial charge >= 0.3 is 0 Å². The fourth-order valence-corrected chi connectivity index (χ4v) is 2.79. The van der Waals surface area contributed by atoms with Crippen molar-refractivity contribution in [2.24, 2.45) is 11.8 Å². The molecule has 1 aliphatic rings. The lowest BCUT2D eigenvalue weighted by atomic mass is 9.77. The van der Waals surface area contributed by atoms with Crippen LogP contribution in [0.1, 0.15) is 58.8 Å². The molecule has 0 saturated heterocycles. The smallest absolute Gasteiger partial charge is 0.0605 e. The van der Waals surface area contributed by atoms with E-state index in [0.29, 0.717) is 5.92 Å². The van der Waals surface area contributed by atoms with Crippen molar-refractivity contribution in [1.29, 1.82) is 0 Å². The summed E-state index contributed by atoms with van der Waals surface area (Å²) >= 11 is 0. The van der Waals surface area contributed by atoms with Crippen molar-refractivity contribution in [3.63, 3.8) is 0 Å². The molecule has 15 heavy (non-hydrogen) atoms. The molecule has 1 unspecified atom stereocenters. The molecule has 1 nitrogen and oxygen atoms in total. The van der Waals surface area contributed by atoms with Crippen molar-refractivity contribution < 1.29 is 5.11 Å². The van der Waals surface area contributed by atoms with Gasteiger partial charge in [0.25, 0.3) is 0 Å². The Balaban J connectivity index is 2.27. The molecule has 1 N–H and O–H groups in total. The van der Waals surface area contributed by atoms with Crippen molar-refractivity contribution in [3.8, 4) is 0 Å². The van der Waals surface area contributed by atoms with Gasteiger partial charge in [0.05, 0.1) is 6.10 Å². The molecule has 0 aromatic heterocycles. The predicted octanol–water partition coefficient (Wildman–Crippen LogP) is 3.92. The minimum Gasteiger partial charge on any atom is -0.393 e. The van der Waals surface area contributed by atoms with Crippen LogP contribution in [0.15, 0.2) is 12.2 Å². The van der Waals surface area contributed by atoms with E-state index in [1.165, 1.54) is 38.5 Å². The van der Waals surface area contributed by atoms with Gasteiger partial charge in [-0.25, -0.2) is 0 Å². The molecule has 0 aromatic rings. The molecular formula is C14H26O. The Morgan fingerprint density at radius 2 is 1.93 bits per heavy atom. The first kappa shape index (κ1) is 12.8. The Hall–Kier alpha value is -0.300. The monoisotopic (exact) mass is 210 g/mol. The van der Waals surface area contributed by atoms with E-state index in [4.69, 9.17) is 0 Å². The SMILES string of the molecule is C=C(C)CC(O)C1CCC(CCC)CC1. The Morgan fingerprint density at radius 1 is 1.33 bits per heavy atom. The largest absolute Gasteiger partial charge is 0.393 e. The molecule has 0 bridgehead atoms. The van der Waals surface area contributed by atoms with Crippen LogP contribution in [0.5, 0.6) is 0 Å². The fraction of sp³-hybridized carbons (Fsp3) is 0.857. The first-order valence-corrected chi connectivity index (χ1v) is 6.46. The summed E-state index contributed by atoms with van der Waals surface area (Å²) in [6.45, 7) is 8.15. The van der Waals surface area contributed by atoms with Crippen LogP contribution >= 0.6 is 0 Å². The van der Waals surface area contributed by atoms with Crippen molar-refractivity contribution in [1.82, 2.24) is 0 Å². The summed E-state index contributed by atoms with van der Waals surface area (Å²) in [5.74, 6) is 1.47. The maximum atomic E-state index is 10.00. The number of aliphatic hydroxyl groups excluding tert-OH is 1. The van der Waals surface area contributed by atoms with Crippen LogP contribution in [0.25, 0.3) is 0 Å². The Labute approximate surface area is 94.6 Å². The Bertz CT molecular complexity index is 190. The van der Waals surface area contributed by atoms with E-state index in [9.17, 15) is 5.11 Å². The predicted molar refractivity (Wildman–Crippen MR) is 65.8 cm³/mol. The van der Waals surface area contributed by atoms with Crippen molar-refractivity contribution in [3.05, 3.63) is 12.2 Å². The zero-order chi connectivity index (χ0) is 11.3. The van der Waals surface area contributed by atoms with E-state index in [2.05, 4.69) is 13.5 Å². The molecule has 0 amide bonds. The second kappa shape index (κ2) is 6.32. The minimum atomic E-state index is -0.134. The molecule has 0 aromatic carbocycles. The lowest BCUT2D eigenvalue weighted by Gasteiger charge is -2.31. The van der Waals surface area contributed by atoms with E-state index in [1.54, 1.807) is 0 Å². The molecular weight excluding hydrogens is 184 g/mol. The van der Waals surface area contributed by atoms with Gasteiger partial charge < -0.3 is 5.11 Å². The summed E-state index contributed by atoms with van der Waals surface area (Å²) in [5.41, 5.74) is 1.11. The lowest BCUT2D eigenvalue weighted by Crippen LogP contribution is -2.25. The highest BCUT2D eigenvalue weighted by atomic mass is 16.3. The van der Waals surface area contributed by atoms with Gasteiger partial charge in [0, 0.05) is 0 Å². The van der Waals surface area contributed by atoms with Gasteiger partial charge in [0.15, 0.2) is 0 Å². The molecule has 1 rings (SSSR count). The van der Waals surface area contributed by atoms with Crippen LogP contribution in [-0.4, -0.2) is 11.2 Å². The second-order valence-electron chi connectivity index (χ2n) is 5.30. The summed E-state index contributed by atoms with van der Waals surface area (Å²) < 4.78 is 0. The van der Waals surface area contributed by atoms with Crippen molar-refractivity contribution in [2.75, 3.05) is 0 Å². The highest BCUT2D eigenvalue weighted by Crippen LogP contribution is 2.34. The number of hydrogen-bond donors (Lipinski definition) is 1. The maximum Gasteiger partial charge on any atom is 0.0605 e. The first-order chi connectivity index (χ1) is 7.13. The fourth-order valence-electron chi connectivity index (χ4n) is 2.79. The van der Waals surface area contributed by atoms with Gasteiger partial charge in [-0.05, 0) is 38.0 Å². The zero-order valence-electron chi connectivity index (χ0n) is 10.3. The van der Waals surface area contributed by atoms with Crippen LogP contribution in [0.4, 0.5) is 0 Å². The van der Waals surface area contributed by atoms with Crippen LogP contribution in [-0.2, 0) is 0 Å². The number of rotatable bonds is 5. The summed E-state index contributed by atoms with van der Waals surface area (Å²) in [6, 6.07) is 0. The van der Waals surface area contributed by atoms with Crippen LogP contribution < -0.4 is 0 Å². The van der Waals surface area contributed by atoms with Gasteiger partial charge in [-0.1, -0.05) is 38.2 Å². The average Bonchev–Trinajstić information content (AvgIpc) is 2.18. The lowest BCUT2D eigenvalue weighted by molar-refractivity contribution is 0.0729. The maximum absolute atomic E-state index is 10.00. The molecule has 0 spiro atoms. The Kier molecular flexibility index (Phi) is 5.38. The minimum absolute atomic E-state index is 0.134. The normalized spacial score (nSPS) is 28.7. The molecule has 88 valence electrons. The molecule has 0 heterocycles. The van der Waals surface area contributed by atoms with E-state index < -0.39 is 0 Å². The molecule has 1 saturated carbocycles. The summed E-state index contributed by atoms with van der Waals surface area (Å²) in [6.07, 6.45) is 8.44. The van der Waals surface area contributed by atoms with Gasteiger partial charge in [-0.15, -0.1) is 6.58 Å². The van der Waals surface area contributed by atoms with Crippen molar-refractivity contribution >= 4 is 0 Å². The number of hydrogen-bond acceptors (Lipinski definition) is 1. The third kappa shape index (κ3) is 4.38. The van der Waals surface area contributed by atoms with Crippen LogP contribution in [0, 0.1) is 11.8 Å². The van der Waals surface area contributed by atoms with Gasteiger partial charge in [-0.3, -0.25) is 0 Å². The second-order valence-corrected chi connectivity index (χ2v) is 5.30. The average molecular weight is 210 g/mol. The highest BCUT2D eigenvalue weighted by Gasteiger charge is 2.25. The zero-order valence-corrected chi connectivity index (χ0v) is 10.3. The molecule has 0 aliphatic heterocycles. The standard InChI is InChI=1S/C14H26O/c1-4-5-12-6-8-13(9-7-12)14(15)10-11(2)3/h12-15H,2,4-10H2,1,3H3. The van der Waals surface area contributed by atoms with Crippen LogP contribution in [0.3, 0.4) is 0 Å². The highest BCUT2D eigenvalue weighted by molar-refractivity contribution is 4.93. The molecule has 0 radical (unpaired) electrons. The van der Waals surface area contributed by atoms with E-state index in [1.807, 2.05) is 6.92 Å². The molecule has 1 heteroatoms. The molecule has 1 atom stereocenters. The van der Waals surface area contributed by atoms with Gasteiger partial charge in [0.2, 0.25) is 0 Å². The summed E-state index contributed by atoms with van der Waals surface area (Å²) in [4.78, 5) is 0. The summed E-state index contributed by atoms with van der Waals surface area (Å²) in [7, 11) is 0. The third-order valence-electron chi connectivity index (χ3n) is 3.69. The quantitative estimate of drug-likeness (QED) is 0.682. The van der Waals surface area contributed by atoms with Crippen LogP contribution in [0.2, 0.25) is 0 Å². The van der Waals surface area contributed by atoms with Gasteiger partial charge in [-0.2, -0.15) is 0 Å². The van der Waals surface area contributed by atoms with Crippen molar-refractivity contribution in [2.45, 2.75) is 64.9 Å². The van der Waals surface area contributed by atoms with E-state index in [0.717, 1.165) is 17.9 Å². The number of aliphatic hydroxyl groups is 1. The molecule has 1 aliphatic carbocycles. The summed E-state index contributed by atoms with van der Waals surface area (Å²) in [5, 5.41) is 10.00. The topological polar surface area (TPSA) is 20.2 Å². The van der Waals surface area contributed by atoms with Gasteiger partial charge in [0.1, 0.15) is 0 Å². The van der Waals surface area contributed by atoms with E-state index >= 15 is 0 Å². The molecule has 1 fully saturated rings.